The van der Waals surface area contributed by atoms with Gasteiger partial charge in [0, 0.05) is 17.3 Å². The Hall–Kier alpha value is -2.04. The van der Waals surface area contributed by atoms with Gasteiger partial charge in [-0.1, -0.05) is 29.8 Å². The Labute approximate surface area is 154 Å². The fourth-order valence-electron chi connectivity index (χ4n) is 2.45. The molecule has 0 bridgehead atoms. The first kappa shape index (κ1) is 19.3. The predicted octanol–water partition coefficient (Wildman–Crippen LogP) is 4.51. The molecule has 0 fully saturated rings. The second-order valence-electron chi connectivity index (χ2n) is 6.12. The maximum atomic E-state index is 12.5. The van der Waals surface area contributed by atoms with Crippen molar-refractivity contribution in [3.05, 3.63) is 58.6 Å². The second kappa shape index (κ2) is 8.88. The van der Waals surface area contributed by atoms with Crippen LogP contribution in [-0.4, -0.2) is 30.5 Å². The zero-order valence-electron chi connectivity index (χ0n) is 15.2. The third kappa shape index (κ3) is 5.48. The maximum Gasteiger partial charge on any atom is 0.241 e. The van der Waals surface area contributed by atoms with E-state index in [2.05, 4.69) is 5.32 Å². The van der Waals surface area contributed by atoms with E-state index >= 15 is 0 Å². The summed E-state index contributed by atoms with van der Waals surface area (Å²) in [5, 5.41) is 3.57. The Morgan fingerprint density at radius 1 is 1.24 bits per heavy atom. The predicted molar refractivity (Wildman–Crippen MR) is 103 cm³/mol. The summed E-state index contributed by atoms with van der Waals surface area (Å²) >= 11 is 6.01. The molecule has 0 aliphatic carbocycles. The molecule has 1 N–H and O–H groups in total. The topological polar surface area (TPSA) is 41.6 Å². The van der Waals surface area contributed by atoms with Gasteiger partial charge in [-0.15, -0.1) is 0 Å². The highest BCUT2D eigenvalue weighted by atomic mass is 35.5. The maximum absolute atomic E-state index is 12.5. The molecule has 0 saturated carbocycles. The Kier molecular flexibility index (Phi) is 6.85. The van der Waals surface area contributed by atoms with Crippen LogP contribution in [0, 0.1) is 6.92 Å². The second-order valence-corrected chi connectivity index (χ2v) is 6.55. The van der Waals surface area contributed by atoms with Crippen LogP contribution in [0.5, 0.6) is 5.75 Å². The number of hydrogen-bond donors (Lipinski definition) is 1. The van der Waals surface area contributed by atoms with Gasteiger partial charge in [-0.3, -0.25) is 9.69 Å². The Morgan fingerprint density at radius 3 is 2.56 bits per heavy atom. The lowest BCUT2D eigenvalue weighted by atomic mass is 10.1. The molecule has 1 atom stereocenters. The van der Waals surface area contributed by atoms with Gasteiger partial charge in [0.15, 0.2) is 0 Å². The number of nitrogens with one attached hydrogen (secondary N) is 1. The molecule has 0 aliphatic heterocycles. The Bertz CT molecular complexity index is 716. The van der Waals surface area contributed by atoms with Crippen LogP contribution in [0.15, 0.2) is 42.5 Å². The molecule has 2 rings (SSSR count). The van der Waals surface area contributed by atoms with Gasteiger partial charge >= 0.3 is 0 Å². The van der Waals surface area contributed by atoms with Crippen LogP contribution in [0.1, 0.15) is 25.0 Å². The van der Waals surface area contributed by atoms with E-state index in [0.717, 1.165) is 22.6 Å². The van der Waals surface area contributed by atoms with Gasteiger partial charge in [-0.25, -0.2) is 0 Å². The fraction of sp³-hybridized carbons (Fsp3) is 0.350. The van der Waals surface area contributed by atoms with Crippen LogP contribution >= 0.6 is 11.6 Å². The number of carbonyl (C=O) groups excluding carboxylic acids is 1. The van der Waals surface area contributed by atoms with E-state index in [1.54, 1.807) is 6.07 Å². The molecule has 0 aliphatic rings. The van der Waals surface area contributed by atoms with Crippen molar-refractivity contribution < 1.29 is 9.53 Å². The molecule has 2 aromatic carbocycles. The Balaban J connectivity index is 1.97. The summed E-state index contributed by atoms with van der Waals surface area (Å²) in [7, 11) is 1.94. The zero-order chi connectivity index (χ0) is 18.4. The smallest absolute Gasteiger partial charge is 0.241 e. The van der Waals surface area contributed by atoms with Gasteiger partial charge in [0.2, 0.25) is 5.91 Å². The molecule has 25 heavy (non-hydrogen) atoms. The molecule has 0 saturated heterocycles. The molecule has 5 heteroatoms. The first-order valence-electron chi connectivity index (χ1n) is 8.39. The number of ether oxygens (including phenoxy) is 1. The number of carbonyl (C=O) groups is 1. The molecule has 0 aromatic heterocycles. The summed E-state index contributed by atoms with van der Waals surface area (Å²) in [5.74, 6) is 0.801. The number of hydrogen-bond acceptors (Lipinski definition) is 3. The summed E-state index contributed by atoms with van der Waals surface area (Å²) < 4.78 is 5.45. The number of nitrogens with zero attached hydrogens (tertiary/aromatic N) is 1. The van der Waals surface area contributed by atoms with Gasteiger partial charge in [0.05, 0.1) is 12.6 Å². The van der Waals surface area contributed by atoms with E-state index in [0.29, 0.717) is 18.2 Å². The SMILES string of the molecule is CCOc1ccc(CN(C)[C@@H](C)C(=O)Nc2cc(Cl)ccc2C)cc1. The summed E-state index contributed by atoms with van der Waals surface area (Å²) in [5.41, 5.74) is 2.86. The highest BCUT2D eigenvalue weighted by Crippen LogP contribution is 2.21. The molecular weight excluding hydrogens is 336 g/mol. The van der Waals surface area contributed by atoms with Crippen LogP contribution in [0.3, 0.4) is 0 Å². The van der Waals surface area contributed by atoms with Crippen molar-refractivity contribution in [2.45, 2.75) is 33.4 Å². The molecule has 1 amide bonds. The summed E-state index contributed by atoms with van der Waals surface area (Å²) in [4.78, 5) is 14.5. The number of halogens is 1. The van der Waals surface area contributed by atoms with Crippen LogP contribution in [-0.2, 0) is 11.3 Å². The van der Waals surface area contributed by atoms with Gasteiger partial charge in [0.25, 0.3) is 0 Å². The quantitative estimate of drug-likeness (QED) is 0.790. The molecule has 2 aromatic rings. The lowest BCUT2D eigenvalue weighted by Crippen LogP contribution is -2.39. The number of benzene rings is 2. The van der Waals surface area contributed by atoms with E-state index in [-0.39, 0.29) is 11.9 Å². The summed E-state index contributed by atoms with van der Waals surface area (Å²) in [6.07, 6.45) is 0. The first-order valence-corrected chi connectivity index (χ1v) is 8.77. The number of amides is 1. The van der Waals surface area contributed by atoms with Crippen molar-refractivity contribution in [3.8, 4) is 5.75 Å². The normalized spacial score (nSPS) is 12.1. The van der Waals surface area contributed by atoms with E-state index in [1.807, 2.05) is 69.1 Å². The molecular formula is C20H25ClN2O2. The fourth-order valence-corrected chi connectivity index (χ4v) is 2.62. The first-order chi connectivity index (χ1) is 11.9. The van der Waals surface area contributed by atoms with E-state index in [4.69, 9.17) is 16.3 Å². The van der Waals surface area contributed by atoms with Crippen molar-refractivity contribution in [3.63, 3.8) is 0 Å². The molecule has 0 radical (unpaired) electrons. The van der Waals surface area contributed by atoms with Crippen LogP contribution in [0.2, 0.25) is 5.02 Å². The van der Waals surface area contributed by atoms with Gasteiger partial charge in [-0.05, 0) is 63.2 Å². The van der Waals surface area contributed by atoms with Crippen molar-refractivity contribution in [2.75, 3.05) is 19.0 Å². The monoisotopic (exact) mass is 360 g/mol. The van der Waals surface area contributed by atoms with Crippen molar-refractivity contribution in [2.24, 2.45) is 0 Å². The number of likely N-dealkylation sites (N-methyl/N-ethyl adjacent to an activating group) is 1. The minimum atomic E-state index is -0.273. The van der Waals surface area contributed by atoms with E-state index in [9.17, 15) is 4.79 Å². The van der Waals surface area contributed by atoms with Crippen LogP contribution < -0.4 is 10.1 Å². The average molecular weight is 361 g/mol. The summed E-state index contributed by atoms with van der Waals surface area (Å²) in [6, 6.07) is 13.2. The third-order valence-electron chi connectivity index (χ3n) is 4.16. The largest absolute Gasteiger partial charge is 0.494 e. The molecule has 0 unspecified atom stereocenters. The average Bonchev–Trinajstić information content (AvgIpc) is 2.59. The van der Waals surface area contributed by atoms with E-state index in [1.165, 1.54) is 0 Å². The zero-order valence-corrected chi connectivity index (χ0v) is 15.9. The molecule has 134 valence electrons. The number of rotatable bonds is 7. The van der Waals surface area contributed by atoms with Crippen molar-refractivity contribution in [1.29, 1.82) is 0 Å². The van der Waals surface area contributed by atoms with Crippen LogP contribution in [0.4, 0.5) is 5.69 Å². The lowest BCUT2D eigenvalue weighted by Gasteiger charge is -2.24. The summed E-state index contributed by atoms with van der Waals surface area (Å²) in [6.45, 7) is 7.13. The standard InChI is InChI=1S/C20H25ClN2O2/c1-5-25-18-10-7-16(8-11-18)13-23(4)15(3)20(24)22-19-12-17(21)9-6-14(19)2/h6-12,15H,5,13H2,1-4H3,(H,22,24)/t15-/m0/s1. The third-order valence-corrected chi connectivity index (χ3v) is 4.40. The number of anilines is 1. The number of aryl methyl sites for hydroxylation is 1. The molecule has 0 heterocycles. The van der Waals surface area contributed by atoms with Crippen molar-refractivity contribution >= 4 is 23.2 Å². The van der Waals surface area contributed by atoms with Gasteiger partial charge in [-0.2, -0.15) is 0 Å². The molecule has 4 nitrogen and oxygen atoms in total. The minimum absolute atomic E-state index is 0.0567. The van der Waals surface area contributed by atoms with Gasteiger partial charge in [0.1, 0.15) is 5.75 Å². The minimum Gasteiger partial charge on any atom is -0.494 e. The highest BCUT2D eigenvalue weighted by Gasteiger charge is 2.19. The lowest BCUT2D eigenvalue weighted by molar-refractivity contribution is -0.120. The van der Waals surface area contributed by atoms with Gasteiger partial charge < -0.3 is 10.1 Å². The Morgan fingerprint density at radius 2 is 1.92 bits per heavy atom. The molecule has 0 spiro atoms. The van der Waals surface area contributed by atoms with Crippen LogP contribution in [0.25, 0.3) is 0 Å². The van der Waals surface area contributed by atoms with Crippen molar-refractivity contribution in [1.82, 2.24) is 4.90 Å². The van der Waals surface area contributed by atoms with E-state index < -0.39 is 0 Å². The highest BCUT2D eigenvalue weighted by molar-refractivity contribution is 6.31.